The molecule has 6 heteroatoms. The van der Waals surface area contributed by atoms with Crippen LogP contribution in [0.15, 0.2) is 18.5 Å². The van der Waals surface area contributed by atoms with E-state index in [9.17, 15) is 9.59 Å². The normalized spacial score (nSPS) is 10.5. The van der Waals surface area contributed by atoms with Gasteiger partial charge >= 0.3 is 11.9 Å². The molecule has 0 bridgehead atoms. The Labute approximate surface area is 117 Å². The molecule has 0 atom stereocenters. The lowest BCUT2D eigenvalue weighted by molar-refractivity contribution is -0.143. The minimum absolute atomic E-state index is 0.229. The summed E-state index contributed by atoms with van der Waals surface area (Å²) >= 11 is 0. The van der Waals surface area contributed by atoms with Gasteiger partial charge in [-0.15, -0.1) is 0 Å². The summed E-state index contributed by atoms with van der Waals surface area (Å²) in [6.45, 7) is 4.17. The SMILES string of the molecule is CCOC(=O)/C=C/c1nccnc1CCC(=O)OCC. The van der Waals surface area contributed by atoms with Crippen LogP contribution in [-0.2, 0) is 25.5 Å². The van der Waals surface area contributed by atoms with Crippen molar-refractivity contribution >= 4 is 18.0 Å². The van der Waals surface area contributed by atoms with Crippen LogP contribution >= 0.6 is 0 Å². The Morgan fingerprint density at radius 1 is 1.15 bits per heavy atom. The Bertz CT molecular complexity index is 486. The van der Waals surface area contributed by atoms with Crippen LogP contribution < -0.4 is 0 Å². The largest absolute Gasteiger partial charge is 0.466 e. The molecule has 108 valence electrons. The highest BCUT2D eigenvalue weighted by Crippen LogP contribution is 2.08. The van der Waals surface area contributed by atoms with Crippen molar-refractivity contribution in [3.8, 4) is 0 Å². The van der Waals surface area contributed by atoms with E-state index in [0.29, 0.717) is 31.0 Å². The number of ether oxygens (including phenoxy) is 2. The predicted molar refractivity (Wildman–Crippen MR) is 72.7 cm³/mol. The second-order valence-electron chi connectivity index (χ2n) is 3.78. The lowest BCUT2D eigenvalue weighted by Crippen LogP contribution is -2.07. The first-order chi connectivity index (χ1) is 9.67. The highest BCUT2D eigenvalue weighted by Gasteiger charge is 2.07. The van der Waals surface area contributed by atoms with Gasteiger partial charge in [0.05, 0.1) is 31.0 Å². The molecular weight excluding hydrogens is 260 g/mol. The Balaban J connectivity index is 2.68. The maximum Gasteiger partial charge on any atom is 0.330 e. The van der Waals surface area contributed by atoms with E-state index < -0.39 is 5.97 Å². The number of carbonyl (C=O) groups excluding carboxylic acids is 2. The molecule has 1 rings (SSSR count). The molecule has 1 heterocycles. The minimum atomic E-state index is -0.436. The molecule has 0 N–H and O–H groups in total. The van der Waals surface area contributed by atoms with Crippen molar-refractivity contribution in [2.45, 2.75) is 26.7 Å². The van der Waals surface area contributed by atoms with Crippen molar-refractivity contribution in [2.75, 3.05) is 13.2 Å². The summed E-state index contributed by atoms with van der Waals surface area (Å²) in [4.78, 5) is 30.9. The Morgan fingerprint density at radius 3 is 2.55 bits per heavy atom. The van der Waals surface area contributed by atoms with Crippen LogP contribution in [0.1, 0.15) is 31.7 Å². The van der Waals surface area contributed by atoms with Crippen molar-refractivity contribution in [1.82, 2.24) is 9.97 Å². The van der Waals surface area contributed by atoms with Crippen LogP contribution in [0.4, 0.5) is 0 Å². The zero-order valence-corrected chi connectivity index (χ0v) is 11.7. The van der Waals surface area contributed by atoms with E-state index in [1.54, 1.807) is 20.0 Å². The fourth-order valence-electron chi connectivity index (χ4n) is 1.50. The summed E-state index contributed by atoms with van der Waals surface area (Å²) in [6.07, 6.45) is 6.54. The molecule has 6 nitrogen and oxygen atoms in total. The van der Waals surface area contributed by atoms with E-state index in [1.165, 1.54) is 18.3 Å². The molecule has 0 fully saturated rings. The van der Waals surface area contributed by atoms with Crippen molar-refractivity contribution in [3.05, 3.63) is 29.9 Å². The lowest BCUT2D eigenvalue weighted by Gasteiger charge is -2.04. The van der Waals surface area contributed by atoms with Gasteiger partial charge in [0.15, 0.2) is 0 Å². The zero-order chi connectivity index (χ0) is 14.8. The molecular formula is C14H18N2O4. The lowest BCUT2D eigenvalue weighted by atomic mass is 10.2. The van der Waals surface area contributed by atoms with Crippen molar-refractivity contribution in [2.24, 2.45) is 0 Å². The van der Waals surface area contributed by atoms with Crippen molar-refractivity contribution in [3.63, 3.8) is 0 Å². The molecule has 0 aliphatic carbocycles. The number of carbonyl (C=O) groups is 2. The highest BCUT2D eigenvalue weighted by atomic mass is 16.5. The maximum absolute atomic E-state index is 11.3. The van der Waals surface area contributed by atoms with Gasteiger partial charge in [0.2, 0.25) is 0 Å². The number of hydrogen-bond donors (Lipinski definition) is 0. The van der Waals surface area contributed by atoms with Gasteiger partial charge in [-0.25, -0.2) is 4.79 Å². The van der Waals surface area contributed by atoms with Crippen molar-refractivity contribution in [1.29, 1.82) is 0 Å². The van der Waals surface area contributed by atoms with Gasteiger partial charge in [0.25, 0.3) is 0 Å². The number of esters is 2. The van der Waals surface area contributed by atoms with E-state index in [0.717, 1.165) is 0 Å². The van der Waals surface area contributed by atoms with E-state index in [2.05, 4.69) is 9.97 Å². The Morgan fingerprint density at radius 2 is 1.85 bits per heavy atom. The third kappa shape index (κ3) is 5.60. The zero-order valence-electron chi connectivity index (χ0n) is 11.7. The molecule has 1 aromatic heterocycles. The average Bonchev–Trinajstić information content (AvgIpc) is 2.44. The predicted octanol–water partition coefficient (Wildman–Crippen LogP) is 1.55. The van der Waals surface area contributed by atoms with Gasteiger partial charge < -0.3 is 9.47 Å². The van der Waals surface area contributed by atoms with Gasteiger partial charge in [-0.1, -0.05) is 0 Å². The molecule has 0 radical (unpaired) electrons. The van der Waals surface area contributed by atoms with Crippen LogP contribution in [0.25, 0.3) is 6.08 Å². The summed E-state index contributed by atoms with van der Waals surface area (Å²) in [5.74, 6) is -0.715. The number of rotatable bonds is 7. The fraction of sp³-hybridized carbons (Fsp3) is 0.429. The quantitative estimate of drug-likeness (QED) is 0.556. The Kier molecular flexibility index (Phi) is 6.95. The van der Waals surface area contributed by atoms with E-state index >= 15 is 0 Å². The molecule has 0 saturated carbocycles. The number of nitrogens with zero attached hydrogens (tertiary/aromatic N) is 2. The summed E-state index contributed by atoms with van der Waals surface area (Å²) in [5, 5.41) is 0. The fourth-order valence-corrected chi connectivity index (χ4v) is 1.50. The van der Waals surface area contributed by atoms with E-state index in [4.69, 9.17) is 9.47 Å². The van der Waals surface area contributed by atoms with Crippen LogP contribution in [-0.4, -0.2) is 35.1 Å². The van der Waals surface area contributed by atoms with Crippen LogP contribution in [0.3, 0.4) is 0 Å². The summed E-state index contributed by atoms with van der Waals surface area (Å²) in [7, 11) is 0. The standard InChI is InChI=1S/C14H18N2O4/c1-3-19-13(17)7-5-11-12(16-10-9-15-11)6-8-14(18)20-4-2/h5,7,9-10H,3-4,6,8H2,1-2H3/b7-5+. The monoisotopic (exact) mass is 278 g/mol. The van der Waals surface area contributed by atoms with Gasteiger partial charge in [-0.3, -0.25) is 14.8 Å². The highest BCUT2D eigenvalue weighted by molar-refractivity contribution is 5.86. The molecule has 0 aliphatic heterocycles. The second-order valence-corrected chi connectivity index (χ2v) is 3.78. The smallest absolute Gasteiger partial charge is 0.330 e. The molecule has 1 aromatic rings. The molecule has 0 saturated heterocycles. The van der Waals surface area contributed by atoms with E-state index in [1.807, 2.05) is 0 Å². The summed E-state index contributed by atoms with van der Waals surface area (Å²) in [5.41, 5.74) is 1.19. The number of aryl methyl sites for hydroxylation is 1. The Hall–Kier alpha value is -2.24. The van der Waals surface area contributed by atoms with Gasteiger partial charge in [-0.05, 0) is 19.9 Å². The topological polar surface area (TPSA) is 78.4 Å². The van der Waals surface area contributed by atoms with Crippen molar-refractivity contribution < 1.29 is 19.1 Å². The molecule has 0 aliphatic rings. The van der Waals surface area contributed by atoms with Gasteiger partial charge in [0, 0.05) is 24.9 Å². The first kappa shape index (κ1) is 15.8. The van der Waals surface area contributed by atoms with Crippen LogP contribution in [0.5, 0.6) is 0 Å². The van der Waals surface area contributed by atoms with Gasteiger partial charge in [0.1, 0.15) is 0 Å². The molecule has 0 unspecified atom stereocenters. The summed E-state index contributed by atoms with van der Waals surface area (Å²) in [6, 6.07) is 0. The second kappa shape index (κ2) is 8.79. The minimum Gasteiger partial charge on any atom is -0.466 e. The third-order valence-corrected chi connectivity index (χ3v) is 2.34. The number of aromatic nitrogens is 2. The van der Waals surface area contributed by atoms with E-state index in [-0.39, 0.29) is 12.4 Å². The molecule has 0 aromatic carbocycles. The molecule has 0 spiro atoms. The molecule has 0 amide bonds. The summed E-state index contributed by atoms with van der Waals surface area (Å²) < 4.78 is 9.64. The first-order valence-electron chi connectivity index (χ1n) is 6.47. The first-order valence-corrected chi connectivity index (χ1v) is 6.47. The van der Waals surface area contributed by atoms with Crippen LogP contribution in [0.2, 0.25) is 0 Å². The number of hydrogen-bond acceptors (Lipinski definition) is 6. The third-order valence-electron chi connectivity index (χ3n) is 2.34. The molecule has 20 heavy (non-hydrogen) atoms. The van der Waals surface area contributed by atoms with Crippen LogP contribution in [0, 0.1) is 0 Å². The average molecular weight is 278 g/mol. The maximum atomic E-state index is 11.3. The van der Waals surface area contributed by atoms with Gasteiger partial charge in [-0.2, -0.15) is 0 Å².